The van der Waals surface area contributed by atoms with Crippen molar-refractivity contribution in [3.63, 3.8) is 0 Å². The second-order valence-electron chi connectivity index (χ2n) is 0.855. The lowest BCUT2D eigenvalue weighted by atomic mass is 15.8. The summed E-state index contributed by atoms with van der Waals surface area (Å²) in [6.45, 7) is 0. The van der Waals surface area contributed by atoms with Gasteiger partial charge in [0.2, 0.25) is 0 Å². The zero-order valence-electron chi connectivity index (χ0n) is 4.12. The molecule has 0 bridgehead atoms. The minimum Gasteiger partial charge on any atom is -0.822 e. The van der Waals surface area contributed by atoms with E-state index in [0.29, 0.717) is 0 Å². The van der Waals surface area contributed by atoms with Crippen molar-refractivity contribution in [3.8, 4) is 0 Å². The van der Waals surface area contributed by atoms with Gasteiger partial charge >= 0.3 is 0 Å². The summed E-state index contributed by atoms with van der Waals surface area (Å²) < 4.78 is 35.2. The second kappa shape index (κ2) is 4.31. The zero-order chi connectivity index (χ0) is 9.00. The van der Waals surface area contributed by atoms with Crippen LogP contribution in [0, 0.1) is 0 Å². The fourth-order valence-electron chi connectivity index (χ4n) is 0. The maximum absolute atomic E-state index is 8.89. The largest absolute Gasteiger partial charge is 0.822 e. The molecule has 0 saturated heterocycles. The molecule has 0 amide bonds. The summed E-state index contributed by atoms with van der Waals surface area (Å²) in [5.41, 5.74) is 0. The Labute approximate surface area is 61.3 Å². The standard InChI is InChI=1S/H3O4P.H2O3S2/c2*1-5(2,3)4/h(H3,1,2,3,4);(H2,1,2,3,4)/p-5. The Morgan fingerprint density at radius 1 is 1.20 bits per heavy atom. The fourth-order valence-corrected chi connectivity index (χ4v) is 0. The minimum atomic E-state index is -5.39. The lowest BCUT2D eigenvalue weighted by Gasteiger charge is -2.36. The molecule has 0 aromatic carbocycles. The maximum atomic E-state index is 8.89. The van der Waals surface area contributed by atoms with Crippen LogP contribution in [0.25, 0.3) is 0 Å². The Morgan fingerprint density at radius 3 is 1.20 bits per heavy atom. The molecule has 0 rings (SSSR count). The molecule has 0 aliphatic rings. The van der Waals surface area contributed by atoms with Gasteiger partial charge in [0.1, 0.15) is 0 Å². The van der Waals surface area contributed by atoms with Crippen LogP contribution in [-0.4, -0.2) is 13.3 Å². The Morgan fingerprint density at radius 2 is 1.20 bits per heavy atom. The van der Waals surface area contributed by atoms with Gasteiger partial charge in [-0.25, -0.2) is 0 Å². The van der Waals surface area contributed by atoms with Gasteiger partial charge < -0.3 is 28.4 Å². The highest BCUT2D eigenvalue weighted by atomic mass is 32.9. The van der Waals surface area contributed by atoms with Crippen molar-refractivity contribution in [3.05, 3.63) is 0 Å². The molecule has 0 aliphatic heterocycles. The van der Waals surface area contributed by atoms with Gasteiger partial charge in [0.05, 0.1) is 0 Å². The van der Waals surface area contributed by atoms with Gasteiger partial charge in [-0.3, -0.25) is 4.21 Å². The first-order chi connectivity index (χ1) is 4.00. The van der Waals surface area contributed by atoms with Crippen molar-refractivity contribution < 1.29 is 32.6 Å². The first kappa shape index (κ1) is 13.0. The molecule has 0 saturated carbocycles. The second-order valence-corrected chi connectivity index (χ2v) is 3.79. The summed E-state index contributed by atoms with van der Waals surface area (Å²) in [5, 5.41) is 0. The third-order valence-corrected chi connectivity index (χ3v) is 0. The molecular formula is O7PS2-5. The van der Waals surface area contributed by atoms with E-state index in [2.05, 4.69) is 11.2 Å². The highest BCUT2D eigenvalue weighted by Gasteiger charge is 1.44. The van der Waals surface area contributed by atoms with Crippen LogP contribution >= 0.6 is 7.82 Å². The van der Waals surface area contributed by atoms with Crippen LogP contribution in [0.15, 0.2) is 0 Å². The molecule has 0 aromatic rings. The van der Waals surface area contributed by atoms with Crippen LogP contribution < -0.4 is 14.7 Å². The number of rotatable bonds is 0. The van der Waals surface area contributed by atoms with Crippen molar-refractivity contribution in [2.75, 3.05) is 0 Å². The number of hydrogen-bond acceptors (Lipinski definition) is 8. The number of phosphoric acid groups is 1. The van der Waals surface area contributed by atoms with E-state index >= 15 is 0 Å². The summed E-state index contributed by atoms with van der Waals surface area (Å²) in [6.07, 6.45) is 0. The third-order valence-electron chi connectivity index (χ3n) is 0. The molecule has 0 aliphatic carbocycles. The van der Waals surface area contributed by atoms with Gasteiger partial charge in [-0.2, -0.15) is 7.82 Å². The van der Waals surface area contributed by atoms with E-state index in [4.69, 9.17) is 32.6 Å². The van der Waals surface area contributed by atoms with E-state index in [1.807, 2.05) is 0 Å². The molecule has 0 unspecified atom stereocenters. The van der Waals surface area contributed by atoms with Gasteiger partial charge in [0.15, 0.2) is 0 Å². The normalized spacial score (nSPS) is 11.7. The van der Waals surface area contributed by atoms with E-state index in [-0.39, 0.29) is 0 Å². The predicted molar refractivity (Wildman–Crippen MR) is 24.7 cm³/mol. The molecule has 64 valence electrons. The lowest BCUT2D eigenvalue weighted by Crippen LogP contribution is -2.24. The molecule has 0 N–H and O–H groups in total. The first-order valence-corrected chi connectivity index (χ1v) is 5.19. The quantitative estimate of drug-likeness (QED) is 0.366. The van der Waals surface area contributed by atoms with E-state index in [0.717, 1.165) is 0 Å². The van der Waals surface area contributed by atoms with Crippen LogP contribution in [0.4, 0.5) is 0 Å². The topological polar surface area (TPSA) is 149 Å². The van der Waals surface area contributed by atoms with Gasteiger partial charge in [-0.05, 0) is 11.2 Å². The van der Waals surface area contributed by atoms with Crippen molar-refractivity contribution in [2.24, 2.45) is 0 Å². The highest BCUT2D eigenvalue weighted by molar-refractivity contribution is 8.26. The Kier molecular flexibility index (Phi) is 5.62. The fraction of sp³-hybridized carbons (Fsp3) is 0. The van der Waals surface area contributed by atoms with Crippen molar-refractivity contribution >= 4 is 28.1 Å². The molecular weight excluding hydrogens is 207 g/mol. The molecule has 7 nitrogen and oxygen atoms in total. The van der Waals surface area contributed by atoms with Gasteiger partial charge in [-0.15, -0.1) is 9.05 Å². The van der Waals surface area contributed by atoms with Crippen molar-refractivity contribution in [1.82, 2.24) is 0 Å². The Bertz CT molecular complexity index is 189. The molecule has 10 heteroatoms. The third kappa shape index (κ3) is 2870. The summed E-state index contributed by atoms with van der Waals surface area (Å²) in [7, 11) is -9.72. The van der Waals surface area contributed by atoms with Gasteiger partial charge in [-0.1, -0.05) is 0 Å². The monoisotopic (exact) mass is 207 g/mol. The zero-order valence-corrected chi connectivity index (χ0v) is 6.65. The maximum Gasteiger partial charge on any atom is -0.0484 e. The van der Waals surface area contributed by atoms with E-state index in [9.17, 15) is 0 Å². The molecule has 0 fully saturated rings. The summed E-state index contributed by atoms with van der Waals surface area (Å²) >= 11 is 3.24. The molecule has 0 aromatic heterocycles. The molecule has 0 atom stereocenters. The van der Waals surface area contributed by atoms with Crippen LogP contribution in [0.3, 0.4) is 0 Å². The van der Waals surface area contributed by atoms with E-state index in [1.54, 1.807) is 0 Å². The van der Waals surface area contributed by atoms with Crippen molar-refractivity contribution in [2.45, 2.75) is 0 Å². The molecule has 0 spiro atoms. The van der Waals surface area contributed by atoms with Crippen LogP contribution in [0.2, 0.25) is 0 Å². The predicted octanol–water partition coefficient (Wildman–Crippen LogP) is -3.83. The molecule has 0 heterocycles. The van der Waals surface area contributed by atoms with Gasteiger partial charge in [0, 0.05) is 0 Å². The molecule has 10 heavy (non-hydrogen) atoms. The Hall–Kier alpha value is 0.400. The summed E-state index contributed by atoms with van der Waals surface area (Å²) in [5.74, 6) is 0. The Balaban J connectivity index is 0. The average Bonchev–Trinajstić information content (AvgIpc) is 1.12. The van der Waals surface area contributed by atoms with Crippen LogP contribution in [0.1, 0.15) is 0 Å². The number of hydrogen-bond donors (Lipinski definition) is 0. The average molecular weight is 207 g/mol. The smallest absolute Gasteiger partial charge is 0.0484 e. The van der Waals surface area contributed by atoms with Crippen LogP contribution in [0.5, 0.6) is 0 Å². The first-order valence-electron chi connectivity index (χ1n) is 1.40. The lowest BCUT2D eigenvalue weighted by molar-refractivity contribution is -0.432. The van der Waals surface area contributed by atoms with Gasteiger partial charge in [0.25, 0.3) is 0 Å². The molecule has 0 radical (unpaired) electrons. The summed E-state index contributed by atoms with van der Waals surface area (Å²) in [6, 6.07) is 0. The van der Waals surface area contributed by atoms with Crippen LogP contribution in [-0.2, 0) is 24.8 Å². The van der Waals surface area contributed by atoms with Crippen molar-refractivity contribution in [1.29, 1.82) is 0 Å². The highest BCUT2D eigenvalue weighted by Crippen LogP contribution is 2.03. The SMILES string of the molecule is O=P([O-])([O-])[O-].O=S([O-])([O-])=S. The van der Waals surface area contributed by atoms with E-state index in [1.165, 1.54) is 0 Å². The summed E-state index contributed by atoms with van der Waals surface area (Å²) in [4.78, 5) is 25.6. The minimum absolute atomic E-state index is 3.24. The van der Waals surface area contributed by atoms with E-state index < -0.39 is 16.9 Å².